The smallest absolute Gasteiger partial charge is 0.264 e. The molecule has 1 atom stereocenters. The molecule has 2 amide bonds. The van der Waals surface area contributed by atoms with Crippen LogP contribution in [-0.2, 0) is 32.6 Å². The van der Waals surface area contributed by atoms with E-state index in [9.17, 15) is 18.0 Å². The number of likely N-dealkylation sites (N-methyl/N-ethyl adjacent to an activating group) is 1. The van der Waals surface area contributed by atoms with Gasteiger partial charge in [0.2, 0.25) is 11.8 Å². The van der Waals surface area contributed by atoms with Gasteiger partial charge < -0.3 is 10.2 Å². The highest BCUT2D eigenvalue weighted by molar-refractivity contribution is 7.92. The van der Waals surface area contributed by atoms with Crippen molar-refractivity contribution < 1.29 is 22.4 Å². The van der Waals surface area contributed by atoms with Crippen LogP contribution in [0.5, 0.6) is 0 Å². The zero-order chi connectivity index (χ0) is 29.4. The third-order valence-corrected chi connectivity index (χ3v) is 8.50. The van der Waals surface area contributed by atoms with Gasteiger partial charge in [-0.25, -0.2) is 12.8 Å². The van der Waals surface area contributed by atoms with E-state index >= 15 is 4.39 Å². The van der Waals surface area contributed by atoms with E-state index in [1.54, 1.807) is 12.1 Å². The molecule has 212 valence electrons. The number of sulfonamides is 1. The van der Waals surface area contributed by atoms with Gasteiger partial charge in [-0.05, 0) is 42.3 Å². The summed E-state index contributed by atoms with van der Waals surface area (Å²) in [6.45, 7) is 1.15. The number of rotatable bonds is 11. The highest BCUT2D eigenvalue weighted by atomic mass is 32.2. The first-order chi connectivity index (χ1) is 19.7. The van der Waals surface area contributed by atoms with Gasteiger partial charge in [0.1, 0.15) is 18.4 Å². The quantitative estimate of drug-likeness (QED) is 0.282. The predicted molar refractivity (Wildman–Crippen MR) is 157 cm³/mol. The summed E-state index contributed by atoms with van der Waals surface area (Å²) >= 11 is 0. The number of anilines is 1. The lowest BCUT2D eigenvalue weighted by molar-refractivity contribution is -0.139. The number of para-hydroxylation sites is 1. The van der Waals surface area contributed by atoms with E-state index in [0.29, 0.717) is 0 Å². The number of halogens is 1. The third kappa shape index (κ3) is 7.18. The number of hydrogen-bond donors (Lipinski definition) is 1. The van der Waals surface area contributed by atoms with Crippen molar-refractivity contribution in [3.63, 3.8) is 0 Å². The van der Waals surface area contributed by atoms with Crippen LogP contribution in [0.1, 0.15) is 16.7 Å². The Balaban J connectivity index is 1.78. The Morgan fingerprint density at radius 1 is 0.805 bits per heavy atom. The number of benzene rings is 4. The predicted octanol–water partition coefficient (Wildman–Crippen LogP) is 4.72. The van der Waals surface area contributed by atoms with Crippen LogP contribution in [-0.4, -0.2) is 44.8 Å². The van der Waals surface area contributed by atoms with Gasteiger partial charge in [0, 0.05) is 20.0 Å². The van der Waals surface area contributed by atoms with E-state index in [1.165, 1.54) is 42.3 Å². The molecule has 0 saturated carbocycles. The Hall–Kier alpha value is -4.50. The largest absolute Gasteiger partial charge is 0.357 e. The Labute approximate surface area is 240 Å². The van der Waals surface area contributed by atoms with E-state index in [2.05, 4.69) is 5.32 Å². The van der Waals surface area contributed by atoms with Crippen LogP contribution in [0.25, 0.3) is 0 Å². The molecule has 9 heteroatoms. The number of carbonyl (C=O) groups is 2. The maximum absolute atomic E-state index is 15.1. The molecular formula is C32H32FN3O4S. The topological polar surface area (TPSA) is 86.8 Å². The number of nitrogens with one attached hydrogen (secondary N) is 1. The highest BCUT2D eigenvalue weighted by Gasteiger charge is 2.35. The summed E-state index contributed by atoms with van der Waals surface area (Å²) in [7, 11) is -2.87. The van der Waals surface area contributed by atoms with Crippen LogP contribution in [0, 0.1) is 12.7 Å². The second-order valence-electron chi connectivity index (χ2n) is 9.60. The average molecular weight is 574 g/mol. The van der Waals surface area contributed by atoms with E-state index in [0.717, 1.165) is 27.1 Å². The number of aryl methyl sites for hydroxylation is 1. The maximum atomic E-state index is 15.1. The molecule has 0 bridgehead atoms. The zero-order valence-electron chi connectivity index (χ0n) is 22.9. The number of carbonyl (C=O) groups excluding carboxylic acids is 2. The molecule has 4 aromatic rings. The van der Waals surface area contributed by atoms with Crippen LogP contribution in [0.4, 0.5) is 10.1 Å². The van der Waals surface area contributed by atoms with E-state index in [1.807, 2.05) is 67.6 Å². The van der Waals surface area contributed by atoms with Crippen LogP contribution < -0.4 is 9.62 Å². The van der Waals surface area contributed by atoms with Gasteiger partial charge in [-0.1, -0.05) is 90.5 Å². The summed E-state index contributed by atoms with van der Waals surface area (Å²) in [5, 5.41) is 2.64. The van der Waals surface area contributed by atoms with Crippen LogP contribution in [0.2, 0.25) is 0 Å². The summed E-state index contributed by atoms with van der Waals surface area (Å²) < 4.78 is 43.6. The van der Waals surface area contributed by atoms with E-state index < -0.39 is 40.2 Å². The summed E-state index contributed by atoms with van der Waals surface area (Å²) in [5.74, 6) is -1.85. The first-order valence-electron chi connectivity index (χ1n) is 13.1. The molecule has 0 fully saturated rings. The van der Waals surface area contributed by atoms with Crippen LogP contribution in [0.15, 0.2) is 114 Å². The fourth-order valence-electron chi connectivity index (χ4n) is 4.51. The van der Waals surface area contributed by atoms with Gasteiger partial charge in [-0.3, -0.25) is 13.9 Å². The summed E-state index contributed by atoms with van der Waals surface area (Å²) in [5.41, 5.74) is 2.16. The Kier molecular flexibility index (Phi) is 9.52. The summed E-state index contributed by atoms with van der Waals surface area (Å²) in [4.78, 5) is 28.6. The molecule has 1 N–H and O–H groups in total. The summed E-state index contributed by atoms with van der Waals surface area (Å²) in [6.07, 6.45) is 0.198. The second kappa shape index (κ2) is 13.2. The van der Waals surface area contributed by atoms with E-state index in [4.69, 9.17) is 0 Å². The minimum atomic E-state index is -4.36. The molecule has 0 aliphatic rings. The first kappa shape index (κ1) is 29.5. The van der Waals surface area contributed by atoms with Crippen molar-refractivity contribution >= 4 is 27.5 Å². The molecule has 0 aliphatic heterocycles. The second-order valence-corrected chi connectivity index (χ2v) is 11.5. The molecule has 4 aromatic carbocycles. The molecule has 41 heavy (non-hydrogen) atoms. The molecule has 0 spiro atoms. The molecule has 0 aliphatic carbocycles. The fourth-order valence-corrected chi connectivity index (χ4v) is 5.93. The van der Waals surface area contributed by atoms with Gasteiger partial charge in [-0.2, -0.15) is 0 Å². The normalized spacial score (nSPS) is 11.9. The van der Waals surface area contributed by atoms with Crippen molar-refractivity contribution in [2.75, 3.05) is 17.9 Å². The molecule has 0 saturated heterocycles. The van der Waals surface area contributed by atoms with Crippen molar-refractivity contribution in [2.45, 2.75) is 30.8 Å². The molecule has 7 nitrogen and oxygen atoms in total. The summed E-state index contributed by atoms with van der Waals surface area (Å²) in [6, 6.07) is 28.9. The number of amides is 2. The SMILES string of the molecule is CNC(=O)[C@@H](Cc1ccccc1)N(Cc1ccccc1)C(=O)CN(c1ccccc1F)S(=O)(=O)c1ccc(C)cc1. The molecular weight excluding hydrogens is 541 g/mol. The van der Waals surface area contributed by atoms with Crippen molar-refractivity contribution in [3.05, 3.63) is 132 Å². The van der Waals surface area contributed by atoms with Gasteiger partial charge in [-0.15, -0.1) is 0 Å². The Bertz CT molecular complexity index is 1580. The standard InChI is InChI=1S/C32H32FN3O4S/c1-24-17-19-27(20-18-24)41(39,40)36(29-16-10-9-15-28(29)33)23-31(37)35(22-26-13-7-4-8-14-26)30(32(38)34-2)21-25-11-5-3-6-12-25/h3-20,30H,21-23H2,1-2H3,(H,34,38)/t30-/m1/s1. The molecule has 0 radical (unpaired) electrons. The number of nitrogens with zero attached hydrogens (tertiary/aromatic N) is 2. The molecule has 4 rings (SSSR count). The Morgan fingerprint density at radius 2 is 1.37 bits per heavy atom. The average Bonchev–Trinajstić information content (AvgIpc) is 2.99. The third-order valence-electron chi connectivity index (χ3n) is 6.72. The van der Waals surface area contributed by atoms with Gasteiger partial charge in [0.05, 0.1) is 10.6 Å². The monoisotopic (exact) mass is 573 g/mol. The van der Waals surface area contributed by atoms with Gasteiger partial charge >= 0.3 is 0 Å². The lowest BCUT2D eigenvalue weighted by atomic mass is 10.0. The lowest BCUT2D eigenvalue weighted by Crippen LogP contribution is -2.53. The van der Waals surface area contributed by atoms with Crippen LogP contribution >= 0.6 is 0 Å². The maximum Gasteiger partial charge on any atom is 0.264 e. The Morgan fingerprint density at radius 3 is 1.95 bits per heavy atom. The van der Waals surface area contributed by atoms with E-state index in [-0.39, 0.29) is 23.5 Å². The zero-order valence-corrected chi connectivity index (χ0v) is 23.7. The molecule has 0 heterocycles. The minimum absolute atomic E-state index is 0.0419. The number of hydrogen-bond acceptors (Lipinski definition) is 4. The minimum Gasteiger partial charge on any atom is -0.357 e. The fraction of sp³-hybridized carbons (Fsp3) is 0.188. The molecule has 0 unspecified atom stereocenters. The molecule has 0 aromatic heterocycles. The first-order valence-corrected chi connectivity index (χ1v) is 14.6. The highest BCUT2D eigenvalue weighted by Crippen LogP contribution is 2.27. The lowest BCUT2D eigenvalue weighted by Gasteiger charge is -2.33. The van der Waals surface area contributed by atoms with Gasteiger partial charge in [0.15, 0.2) is 0 Å². The van der Waals surface area contributed by atoms with Crippen molar-refractivity contribution in [1.82, 2.24) is 10.2 Å². The van der Waals surface area contributed by atoms with Crippen molar-refractivity contribution in [2.24, 2.45) is 0 Å². The van der Waals surface area contributed by atoms with Crippen LogP contribution in [0.3, 0.4) is 0 Å². The van der Waals surface area contributed by atoms with Crippen molar-refractivity contribution in [3.8, 4) is 0 Å². The van der Waals surface area contributed by atoms with Crippen molar-refractivity contribution in [1.29, 1.82) is 0 Å². The van der Waals surface area contributed by atoms with Gasteiger partial charge in [0.25, 0.3) is 10.0 Å².